The first-order valence-electron chi connectivity index (χ1n) is 14.4. The molecule has 2 aliphatic rings. The van der Waals surface area contributed by atoms with Crippen molar-refractivity contribution in [2.75, 3.05) is 46.6 Å². The van der Waals surface area contributed by atoms with Gasteiger partial charge in [0, 0.05) is 31.6 Å². The van der Waals surface area contributed by atoms with Crippen LogP contribution in [0.2, 0.25) is 0 Å². The number of likely N-dealkylation sites (tertiary alicyclic amines) is 1. The number of ether oxygens (including phenoxy) is 3. The molecule has 1 fully saturated rings. The summed E-state index contributed by atoms with van der Waals surface area (Å²) in [7, 11) is 1.66. The molecule has 3 atom stereocenters. The molecule has 2 aliphatic heterocycles. The molecule has 9 heteroatoms. The molecule has 0 spiro atoms. The number of nitrogens with two attached hydrogens (primary N) is 1. The molecule has 1 amide bonds. The number of methoxy groups -OCH3 is 1. The highest BCUT2D eigenvalue weighted by Crippen LogP contribution is 2.43. The van der Waals surface area contributed by atoms with Crippen molar-refractivity contribution in [1.82, 2.24) is 9.80 Å². The van der Waals surface area contributed by atoms with Crippen molar-refractivity contribution in [2.45, 2.75) is 57.4 Å². The summed E-state index contributed by atoms with van der Waals surface area (Å²) in [5.74, 6) is 0.401. The van der Waals surface area contributed by atoms with Gasteiger partial charge in [-0.2, -0.15) is 0 Å². The largest absolute Gasteiger partial charge is 0.496 e. The van der Waals surface area contributed by atoms with Gasteiger partial charge in [0.1, 0.15) is 5.75 Å². The highest BCUT2D eigenvalue weighted by molar-refractivity contribution is 5.79. The van der Waals surface area contributed by atoms with E-state index in [0.29, 0.717) is 44.1 Å². The van der Waals surface area contributed by atoms with Crippen molar-refractivity contribution < 1.29 is 28.9 Å². The molecule has 1 saturated heterocycles. The molecule has 9 nitrogen and oxygen atoms in total. The normalized spacial score (nSPS) is 20.0. The second-order valence-corrected chi connectivity index (χ2v) is 10.7. The van der Waals surface area contributed by atoms with Crippen LogP contribution in [0.3, 0.4) is 0 Å². The number of carboxylic acid groups (broad SMARTS) is 1. The maximum absolute atomic E-state index is 13.6. The summed E-state index contributed by atoms with van der Waals surface area (Å²) in [6.45, 7) is 4.79. The Kier molecular flexibility index (Phi) is 10.7. The van der Waals surface area contributed by atoms with E-state index in [1.807, 2.05) is 47.4 Å². The minimum atomic E-state index is -0.842. The molecule has 0 aliphatic carbocycles. The van der Waals surface area contributed by atoms with Crippen molar-refractivity contribution in [3.8, 4) is 17.2 Å². The summed E-state index contributed by atoms with van der Waals surface area (Å²) in [4.78, 5) is 30.3. The van der Waals surface area contributed by atoms with Crippen LogP contribution in [0.15, 0.2) is 42.5 Å². The number of carboxylic acids is 1. The number of carbonyl (C=O) groups excluding carboxylic acids is 1. The molecule has 3 N–H and O–H groups in total. The van der Waals surface area contributed by atoms with Gasteiger partial charge in [0.2, 0.25) is 12.7 Å². The van der Waals surface area contributed by atoms with Gasteiger partial charge in [-0.05, 0) is 68.0 Å². The average Bonchev–Trinajstić information content (AvgIpc) is 3.57. The Hall–Kier alpha value is -3.30. The second kappa shape index (κ2) is 14.4. The number of fused-ring (bicyclic) bond motifs is 1. The Morgan fingerprint density at radius 2 is 1.88 bits per heavy atom. The molecule has 40 heavy (non-hydrogen) atoms. The molecule has 0 saturated carbocycles. The van der Waals surface area contributed by atoms with Crippen LogP contribution < -0.4 is 19.9 Å². The molecular formula is C31H43N3O6. The number of hydrogen-bond acceptors (Lipinski definition) is 7. The Morgan fingerprint density at radius 3 is 2.62 bits per heavy atom. The van der Waals surface area contributed by atoms with E-state index < -0.39 is 11.9 Å². The molecule has 2 heterocycles. The minimum absolute atomic E-state index is 0.0344. The fourth-order valence-corrected chi connectivity index (χ4v) is 6.01. The fraction of sp³-hybridized carbons (Fsp3) is 0.548. The number of rotatable bonds is 15. The molecular weight excluding hydrogens is 510 g/mol. The van der Waals surface area contributed by atoms with Gasteiger partial charge in [0.25, 0.3) is 0 Å². The smallest absolute Gasteiger partial charge is 0.308 e. The highest BCUT2D eigenvalue weighted by atomic mass is 16.7. The van der Waals surface area contributed by atoms with E-state index in [4.69, 9.17) is 19.9 Å². The van der Waals surface area contributed by atoms with Gasteiger partial charge in [-0.15, -0.1) is 0 Å². The molecule has 0 aromatic heterocycles. The van der Waals surface area contributed by atoms with Crippen LogP contribution in [-0.2, 0) is 16.0 Å². The third-order valence-electron chi connectivity index (χ3n) is 8.10. The lowest BCUT2D eigenvalue weighted by atomic mass is 9.83. The number of benzene rings is 2. The van der Waals surface area contributed by atoms with Gasteiger partial charge in [-0.25, -0.2) is 0 Å². The fourth-order valence-electron chi connectivity index (χ4n) is 6.01. The molecule has 0 unspecified atom stereocenters. The van der Waals surface area contributed by atoms with Crippen LogP contribution in [0.4, 0.5) is 0 Å². The Morgan fingerprint density at radius 1 is 1.10 bits per heavy atom. The van der Waals surface area contributed by atoms with Gasteiger partial charge in [0.05, 0.1) is 19.6 Å². The van der Waals surface area contributed by atoms with E-state index in [2.05, 4.69) is 11.8 Å². The average molecular weight is 554 g/mol. The van der Waals surface area contributed by atoms with Crippen molar-refractivity contribution in [3.63, 3.8) is 0 Å². The topological polar surface area (TPSA) is 115 Å². The summed E-state index contributed by atoms with van der Waals surface area (Å²) in [6, 6.07) is 13.3. The number of unbranched alkanes of at least 4 members (excludes halogenated alkanes) is 1. The third kappa shape index (κ3) is 7.06. The van der Waals surface area contributed by atoms with E-state index in [-0.39, 0.29) is 31.2 Å². The zero-order valence-corrected chi connectivity index (χ0v) is 23.7. The lowest BCUT2D eigenvalue weighted by Gasteiger charge is -2.30. The first-order valence-corrected chi connectivity index (χ1v) is 14.4. The molecule has 0 bridgehead atoms. The van der Waals surface area contributed by atoms with Crippen LogP contribution in [-0.4, -0.2) is 79.5 Å². The van der Waals surface area contributed by atoms with E-state index in [0.717, 1.165) is 49.0 Å². The van der Waals surface area contributed by atoms with Gasteiger partial charge in [-0.3, -0.25) is 14.5 Å². The summed E-state index contributed by atoms with van der Waals surface area (Å²) in [5, 5.41) is 10.5. The lowest BCUT2D eigenvalue weighted by Crippen LogP contribution is -2.45. The first kappa shape index (κ1) is 29.7. The zero-order chi connectivity index (χ0) is 28.5. The van der Waals surface area contributed by atoms with Crippen LogP contribution in [0.5, 0.6) is 17.2 Å². The number of carbonyl (C=O) groups is 2. The lowest BCUT2D eigenvalue weighted by molar-refractivity contribution is -0.143. The van der Waals surface area contributed by atoms with E-state index in [9.17, 15) is 14.7 Å². The third-order valence-corrected chi connectivity index (χ3v) is 8.10. The van der Waals surface area contributed by atoms with E-state index in [1.54, 1.807) is 7.11 Å². The van der Waals surface area contributed by atoms with E-state index in [1.165, 1.54) is 0 Å². The quantitative estimate of drug-likeness (QED) is 0.341. The Labute approximate surface area is 237 Å². The van der Waals surface area contributed by atoms with Crippen molar-refractivity contribution in [3.05, 3.63) is 53.6 Å². The molecule has 218 valence electrons. The summed E-state index contributed by atoms with van der Waals surface area (Å²) in [6.07, 6.45) is 4.87. The minimum Gasteiger partial charge on any atom is -0.496 e. The van der Waals surface area contributed by atoms with Crippen molar-refractivity contribution in [1.29, 1.82) is 0 Å². The predicted octanol–water partition coefficient (Wildman–Crippen LogP) is 3.89. The van der Waals surface area contributed by atoms with Crippen LogP contribution >= 0.6 is 0 Å². The number of amides is 1. The van der Waals surface area contributed by atoms with Gasteiger partial charge < -0.3 is 30.0 Å². The van der Waals surface area contributed by atoms with Crippen LogP contribution in [0.1, 0.15) is 56.1 Å². The van der Waals surface area contributed by atoms with Crippen LogP contribution in [0.25, 0.3) is 0 Å². The summed E-state index contributed by atoms with van der Waals surface area (Å²) < 4.78 is 16.6. The highest BCUT2D eigenvalue weighted by Gasteiger charge is 2.47. The van der Waals surface area contributed by atoms with Gasteiger partial charge in [-0.1, -0.05) is 37.6 Å². The SMILES string of the molecule is CCCCN(CCCN)C(=O)CN1C[C@H](c2ccc3c(c2)OCO3)[C@@H](C(=O)O)[C@@H]1CCCc1ccccc1OC. The van der Waals surface area contributed by atoms with Gasteiger partial charge in [0.15, 0.2) is 11.5 Å². The Balaban J connectivity index is 1.57. The van der Waals surface area contributed by atoms with Crippen molar-refractivity contribution >= 4 is 11.9 Å². The van der Waals surface area contributed by atoms with Crippen LogP contribution in [0, 0.1) is 5.92 Å². The maximum Gasteiger partial charge on any atom is 0.308 e. The molecule has 4 rings (SSSR count). The first-order chi connectivity index (χ1) is 19.5. The Bertz CT molecular complexity index is 1130. The molecule has 2 aromatic rings. The summed E-state index contributed by atoms with van der Waals surface area (Å²) in [5.41, 5.74) is 7.74. The number of para-hydroxylation sites is 1. The monoisotopic (exact) mass is 553 g/mol. The van der Waals surface area contributed by atoms with Gasteiger partial charge >= 0.3 is 5.97 Å². The standard InChI is InChI=1S/C31H43N3O6/c1-3-4-16-33(17-8-15-32)29(35)20-34-19-24(23-13-14-27-28(18-23)40-21-39-27)30(31(36)37)25(34)11-7-10-22-9-5-6-12-26(22)38-2/h5-6,9,12-14,18,24-25,30H,3-4,7-8,10-11,15-17,19-21,32H2,1-2H3,(H,36,37)/t24-,25+,30-/m1/s1. The molecule has 0 radical (unpaired) electrons. The zero-order valence-electron chi connectivity index (χ0n) is 23.7. The number of hydrogen-bond donors (Lipinski definition) is 2. The van der Waals surface area contributed by atoms with Crippen molar-refractivity contribution in [2.24, 2.45) is 11.7 Å². The maximum atomic E-state index is 13.6. The number of aliphatic carboxylic acids is 1. The number of nitrogens with zero attached hydrogens (tertiary/aromatic N) is 2. The summed E-state index contributed by atoms with van der Waals surface area (Å²) >= 11 is 0. The second-order valence-electron chi connectivity index (χ2n) is 10.7. The number of aryl methyl sites for hydroxylation is 1. The molecule has 2 aromatic carbocycles. The van der Waals surface area contributed by atoms with E-state index >= 15 is 0 Å². The predicted molar refractivity (Wildman–Crippen MR) is 153 cm³/mol.